The predicted octanol–water partition coefficient (Wildman–Crippen LogP) is 2.23. The van der Waals surface area contributed by atoms with Crippen molar-refractivity contribution < 1.29 is 22.7 Å². The summed E-state index contributed by atoms with van der Waals surface area (Å²) in [6, 6.07) is -0.546. The number of amides is 1. The molecule has 1 heterocycles. The smallest absolute Gasteiger partial charge is 0.381 e. The SMILES string of the molecule is NC(C(=O)NCC1CCC(C(F)(F)F)CC1)C1CCOCC1. The Morgan fingerprint density at radius 2 is 1.73 bits per heavy atom. The molecule has 1 saturated carbocycles. The number of ether oxygens (including phenoxy) is 1. The number of hydrogen-bond acceptors (Lipinski definition) is 3. The fourth-order valence-electron chi connectivity index (χ4n) is 3.35. The summed E-state index contributed by atoms with van der Waals surface area (Å²) in [5, 5.41) is 2.82. The van der Waals surface area contributed by atoms with Gasteiger partial charge in [-0.05, 0) is 50.4 Å². The van der Waals surface area contributed by atoms with E-state index in [1.165, 1.54) is 0 Å². The van der Waals surface area contributed by atoms with E-state index in [-0.39, 0.29) is 30.6 Å². The molecule has 2 aliphatic rings. The Kier molecular flexibility index (Phi) is 6.09. The average Bonchev–Trinajstić information content (AvgIpc) is 2.52. The second-order valence-corrected chi connectivity index (χ2v) is 6.48. The topological polar surface area (TPSA) is 64.4 Å². The lowest BCUT2D eigenvalue weighted by Gasteiger charge is -2.31. The molecule has 1 aliphatic heterocycles. The Morgan fingerprint density at radius 1 is 1.14 bits per heavy atom. The van der Waals surface area contributed by atoms with Crippen LogP contribution in [0, 0.1) is 17.8 Å². The van der Waals surface area contributed by atoms with Gasteiger partial charge in [0.1, 0.15) is 0 Å². The molecule has 1 aliphatic carbocycles. The Hall–Kier alpha value is -0.820. The number of nitrogens with two attached hydrogens (primary N) is 1. The first-order valence-corrected chi connectivity index (χ1v) is 8.05. The first kappa shape index (κ1) is 17.5. The molecule has 7 heteroatoms. The molecule has 1 amide bonds. The zero-order valence-electron chi connectivity index (χ0n) is 12.7. The number of alkyl halides is 3. The largest absolute Gasteiger partial charge is 0.391 e. The summed E-state index contributed by atoms with van der Waals surface area (Å²) in [4.78, 5) is 12.1. The third-order valence-electron chi connectivity index (χ3n) is 4.95. The highest BCUT2D eigenvalue weighted by atomic mass is 19.4. The second-order valence-electron chi connectivity index (χ2n) is 6.48. The molecule has 0 aromatic carbocycles. The van der Waals surface area contributed by atoms with Gasteiger partial charge in [-0.1, -0.05) is 0 Å². The zero-order valence-corrected chi connectivity index (χ0v) is 12.7. The van der Waals surface area contributed by atoms with Crippen LogP contribution in [0.15, 0.2) is 0 Å². The van der Waals surface area contributed by atoms with Crippen LogP contribution in [0.2, 0.25) is 0 Å². The number of carbonyl (C=O) groups excluding carboxylic acids is 1. The lowest BCUT2D eigenvalue weighted by atomic mass is 9.81. The summed E-state index contributed by atoms with van der Waals surface area (Å²) in [6.07, 6.45) is -1.17. The molecule has 128 valence electrons. The minimum Gasteiger partial charge on any atom is -0.381 e. The molecular formula is C15H25F3N2O2. The number of carbonyl (C=O) groups is 1. The first-order valence-electron chi connectivity index (χ1n) is 8.05. The quantitative estimate of drug-likeness (QED) is 0.834. The lowest BCUT2D eigenvalue weighted by Crippen LogP contribution is -2.48. The van der Waals surface area contributed by atoms with Gasteiger partial charge in [0.15, 0.2) is 0 Å². The van der Waals surface area contributed by atoms with Crippen molar-refractivity contribution in [3.05, 3.63) is 0 Å². The van der Waals surface area contributed by atoms with Gasteiger partial charge in [0, 0.05) is 19.8 Å². The van der Waals surface area contributed by atoms with Gasteiger partial charge >= 0.3 is 6.18 Å². The van der Waals surface area contributed by atoms with Crippen LogP contribution in [0.4, 0.5) is 13.2 Å². The number of hydrogen-bond donors (Lipinski definition) is 2. The van der Waals surface area contributed by atoms with Gasteiger partial charge in [0.05, 0.1) is 12.0 Å². The highest BCUT2D eigenvalue weighted by Gasteiger charge is 2.41. The maximum atomic E-state index is 12.6. The van der Waals surface area contributed by atoms with Crippen molar-refractivity contribution in [3.8, 4) is 0 Å². The third kappa shape index (κ3) is 4.84. The standard InChI is InChI=1S/C15H25F3N2O2/c16-15(17,18)12-3-1-10(2-4-12)9-20-14(21)13(19)11-5-7-22-8-6-11/h10-13H,1-9,19H2,(H,20,21). The van der Waals surface area contributed by atoms with Crippen LogP contribution < -0.4 is 11.1 Å². The molecule has 2 rings (SSSR count). The summed E-state index contributed by atoms with van der Waals surface area (Å²) in [5.74, 6) is -1.10. The number of nitrogens with one attached hydrogen (secondary N) is 1. The fraction of sp³-hybridized carbons (Fsp3) is 0.933. The van der Waals surface area contributed by atoms with Gasteiger partial charge in [-0.3, -0.25) is 4.79 Å². The molecule has 0 bridgehead atoms. The minimum absolute atomic E-state index is 0.129. The van der Waals surface area contributed by atoms with Crippen molar-refractivity contribution in [1.29, 1.82) is 0 Å². The van der Waals surface area contributed by atoms with Crippen LogP contribution in [0.25, 0.3) is 0 Å². The van der Waals surface area contributed by atoms with Crippen molar-refractivity contribution in [2.45, 2.75) is 50.7 Å². The molecule has 0 aromatic rings. The fourth-order valence-corrected chi connectivity index (χ4v) is 3.35. The maximum Gasteiger partial charge on any atom is 0.391 e. The predicted molar refractivity (Wildman–Crippen MR) is 76.0 cm³/mol. The van der Waals surface area contributed by atoms with E-state index in [1.807, 2.05) is 0 Å². The Balaban J connectivity index is 1.68. The van der Waals surface area contributed by atoms with E-state index in [9.17, 15) is 18.0 Å². The summed E-state index contributed by atoms with van der Waals surface area (Å²) >= 11 is 0. The molecular weight excluding hydrogens is 297 g/mol. The van der Waals surface area contributed by atoms with E-state index < -0.39 is 18.1 Å². The molecule has 0 spiro atoms. The Labute approximate surface area is 128 Å². The van der Waals surface area contributed by atoms with Crippen molar-refractivity contribution in [3.63, 3.8) is 0 Å². The van der Waals surface area contributed by atoms with Gasteiger partial charge in [0.25, 0.3) is 0 Å². The summed E-state index contributed by atoms with van der Waals surface area (Å²) in [7, 11) is 0. The minimum atomic E-state index is -4.08. The molecule has 4 nitrogen and oxygen atoms in total. The lowest BCUT2D eigenvalue weighted by molar-refractivity contribution is -0.183. The van der Waals surface area contributed by atoms with Crippen LogP contribution in [-0.4, -0.2) is 37.9 Å². The zero-order chi connectivity index (χ0) is 16.2. The summed E-state index contributed by atoms with van der Waals surface area (Å²) in [5.41, 5.74) is 5.97. The van der Waals surface area contributed by atoms with Gasteiger partial charge in [0.2, 0.25) is 5.91 Å². The summed E-state index contributed by atoms with van der Waals surface area (Å²) < 4.78 is 43.0. The number of halogens is 3. The van der Waals surface area contributed by atoms with Crippen LogP contribution in [0.3, 0.4) is 0 Å². The van der Waals surface area contributed by atoms with Crippen molar-refractivity contribution >= 4 is 5.91 Å². The Morgan fingerprint density at radius 3 is 2.27 bits per heavy atom. The molecule has 3 N–H and O–H groups in total. The maximum absolute atomic E-state index is 12.6. The molecule has 0 aromatic heterocycles. The van der Waals surface area contributed by atoms with E-state index >= 15 is 0 Å². The van der Waals surface area contributed by atoms with E-state index in [2.05, 4.69) is 5.32 Å². The molecule has 0 radical (unpaired) electrons. The molecule has 22 heavy (non-hydrogen) atoms. The van der Waals surface area contributed by atoms with Gasteiger partial charge < -0.3 is 15.8 Å². The van der Waals surface area contributed by atoms with E-state index in [0.717, 1.165) is 12.8 Å². The van der Waals surface area contributed by atoms with E-state index in [1.54, 1.807) is 0 Å². The van der Waals surface area contributed by atoms with Crippen LogP contribution in [0.1, 0.15) is 38.5 Å². The van der Waals surface area contributed by atoms with E-state index in [0.29, 0.717) is 32.6 Å². The monoisotopic (exact) mass is 322 g/mol. The normalized spacial score (nSPS) is 29.1. The molecule has 1 unspecified atom stereocenters. The first-order chi connectivity index (χ1) is 10.4. The van der Waals surface area contributed by atoms with Crippen LogP contribution in [0.5, 0.6) is 0 Å². The van der Waals surface area contributed by atoms with Crippen LogP contribution in [-0.2, 0) is 9.53 Å². The van der Waals surface area contributed by atoms with Crippen molar-refractivity contribution in [2.75, 3.05) is 19.8 Å². The molecule has 2 fully saturated rings. The highest BCUT2D eigenvalue weighted by Crippen LogP contribution is 2.39. The van der Waals surface area contributed by atoms with Gasteiger partial charge in [-0.25, -0.2) is 0 Å². The average molecular weight is 322 g/mol. The number of rotatable bonds is 4. The highest BCUT2D eigenvalue weighted by molar-refractivity contribution is 5.81. The van der Waals surface area contributed by atoms with Gasteiger partial charge in [-0.15, -0.1) is 0 Å². The van der Waals surface area contributed by atoms with E-state index in [4.69, 9.17) is 10.5 Å². The van der Waals surface area contributed by atoms with Crippen molar-refractivity contribution in [1.82, 2.24) is 5.32 Å². The van der Waals surface area contributed by atoms with Crippen LogP contribution >= 0.6 is 0 Å². The molecule has 1 atom stereocenters. The van der Waals surface area contributed by atoms with Crippen molar-refractivity contribution in [2.24, 2.45) is 23.5 Å². The van der Waals surface area contributed by atoms with Gasteiger partial charge in [-0.2, -0.15) is 13.2 Å². The molecule has 1 saturated heterocycles. The third-order valence-corrected chi connectivity index (χ3v) is 4.95. The second kappa shape index (κ2) is 7.64. The Bertz CT molecular complexity index is 362. The summed E-state index contributed by atoms with van der Waals surface area (Å²) in [6.45, 7) is 1.69.